The van der Waals surface area contributed by atoms with Crippen LogP contribution in [0, 0.1) is 6.92 Å². The van der Waals surface area contributed by atoms with E-state index in [1.54, 1.807) is 92.0 Å². The Morgan fingerprint density at radius 2 is 1.02 bits per heavy atom. The number of rotatable bonds is 22. The molecule has 5 rings (SSSR count). The molecule has 0 N–H and O–H groups in total. The van der Waals surface area contributed by atoms with Crippen LogP contribution < -0.4 is 23.7 Å². The highest BCUT2D eigenvalue weighted by atomic mass is 16.6. The van der Waals surface area contributed by atoms with Gasteiger partial charge >= 0.3 is 17.9 Å². The van der Waals surface area contributed by atoms with Crippen LogP contribution in [0.25, 0.3) is 0 Å². The van der Waals surface area contributed by atoms with Crippen LogP contribution in [0.4, 0.5) is 0 Å². The van der Waals surface area contributed by atoms with Crippen molar-refractivity contribution >= 4 is 17.9 Å². The molecule has 0 radical (unpaired) electrons. The normalized spacial score (nSPS) is 12.7. The fraction of sp³-hybridized carbons (Fsp3) is 0.356. The first-order chi connectivity index (χ1) is 26.8. The van der Waals surface area contributed by atoms with E-state index in [0.717, 1.165) is 50.0 Å². The van der Waals surface area contributed by atoms with Crippen molar-refractivity contribution in [3.8, 4) is 28.7 Å². The minimum atomic E-state index is -0.397. The number of methoxy groups -OCH3 is 1. The van der Waals surface area contributed by atoms with Crippen molar-refractivity contribution in [1.82, 2.24) is 0 Å². The van der Waals surface area contributed by atoms with Gasteiger partial charge in [-0.1, -0.05) is 43.5 Å². The smallest absolute Gasteiger partial charge is 0.343 e. The van der Waals surface area contributed by atoms with Gasteiger partial charge in [-0.3, -0.25) is 0 Å². The first-order valence-electron chi connectivity index (χ1n) is 18.8. The van der Waals surface area contributed by atoms with Crippen LogP contribution in [-0.2, 0) is 14.3 Å². The molecule has 55 heavy (non-hydrogen) atoms. The Labute approximate surface area is 324 Å². The molecule has 1 fully saturated rings. The Bertz CT molecular complexity index is 1730. The third-order valence-electron chi connectivity index (χ3n) is 8.49. The van der Waals surface area contributed by atoms with E-state index < -0.39 is 11.9 Å². The zero-order valence-corrected chi connectivity index (χ0v) is 31.9. The van der Waals surface area contributed by atoms with Gasteiger partial charge in [0, 0.05) is 6.08 Å². The van der Waals surface area contributed by atoms with Crippen LogP contribution >= 0.6 is 0 Å². The van der Waals surface area contributed by atoms with E-state index in [-0.39, 0.29) is 5.97 Å². The lowest BCUT2D eigenvalue weighted by Gasteiger charge is -2.08. The first kappa shape index (κ1) is 42.1. The highest BCUT2D eigenvalue weighted by Crippen LogP contribution is 2.21. The highest BCUT2D eigenvalue weighted by molar-refractivity contribution is 5.91. The summed E-state index contributed by atoms with van der Waals surface area (Å²) in [4.78, 5) is 35.2. The van der Waals surface area contributed by atoms with Crippen LogP contribution in [-0.4, -0.2) is 57.5 Å². The minimum Gasteiger partial charge on any atom is -0.497 e. The van der Waals surface area contributed by atoms with Crippen molar-refractivity contribution in [3.63, 3.8) is 0 Å². The SMILES string of the molecule is C=CC(=O)OCCCCCCOc1ccc(C(=O)Oc2ccc(C)cc2)cc1.COc1ccc(OC(=O)c2ccc(OCCCCCCC3CO3)cc2)cc1. The second kappa shape index (κ2) is 23.9. The predicted octanol–water partition coefficient (Wildman–Crippen LogP) is 9.53. The second-order valence-electron chi connectivity index (χ2n) is 13.0. The third-order valence-corrected chi connectivity index (χ3v) is 8.49. The lowest BCUT2D eigenvalue weighted by atomic mass is 10.1. The van der Waals surface area contributed by atoms with E-state index in [0.29, 0.717) is 60.0 Å². The average Bonchev–Trinajstić information content (AvgIpc) is 4.05. The Balaban J connectivity index is 0.000000245. The maximum absolute atomic E-state index is 12.2. The quantitative estimate of drug-likeness (QED) is 0.0252. The van der Waals surface area contributed by atoms with Gasteiger partial charge in [-0.25, -0.2) is 14.4 Å². The molecular weight excluding hydrogens is 700 g/mol. The van der Waals surface area contributed by atoms with Gasteiger partial charge < -0.3 is 33.2 Å². The number of epoxide rings is 1. The summed E-state index contributed by atoms with van der Waals surface area (Å²) < 4.78 is 37.3. The second-order valence-corrected chi connectivity index (χ2v) is 13.0. The molecule has 4 aromatic rings. The van der Waals surface area contributed by atoms with E-state index >= 15 is 0 Å². The van der Waals surface area contributed by atoms with Gasteiger partial charge in [0.15, 0.2) is 0 Å². The van der Waals surface area contributed by atoms with E-state index in [2.05, 4.69) is 6.58 Å². The molecule has 1 heterocycles. The summed E-state index contributed by atoms with van der Waals surface area (Å²) in [5.74, 6) is 2.03. The van der Waals surface area contributed by atoms with Crippen molar-refractivity contribution in [3.05, 3.63) is 126 Å². The zero-order valence-electron chi connectivity index (χ0n) is 31.9. The molecule has 4 aromatic carbocycles. The lowest BCUT2D eigenvalue weighted by molar-refractivity contribution is -0.137. The van der Waals surface area contributed by atoms with Gasteiger partial charge in [-0.15, -0.1) is 0 Å². The summed E-state index contributed by atoms with van der Waals surface area (Å²) in [7, 11) is 1.59. The van der Waals surface area contributed by atoms with Crippen molar-refractivity contribution in [2.45, 2.75) is 70.8 Å². The summed E-state index contributed by atoms with van der Waals surface area (Å²) in [6.07, 6.45) is 11.3. The molecule has 0 amide bonds. The number of unbranched alkanes of at least 4 members (excludes halogenated alkanes) is 6. The number of esters is 3. The molecule has 10 heteroatoms. The molecule has 1 aliphatic heterocycles. The molecule has 0 aromatic heterocycles. The molecule has 0 bridgehead atoms. The molecule has 10 nitrogen and oxygen atoms in total. The molecule has 1 unspecified atom stereocenters. The Kier molecular flexibility index (Phi) is 18.3. The molecule has 1 saturated heterocycles. The van der Waals surface area contributed by atoms with E-state index in [1.807, 2.05) is 19.1 Å². The van der Waals surface area contributed by atoms with Gasteiger partial charge in [-0.2, -0.15) is 0 Å². The molecule has 0 saturated carbocycles. The third kappa shape index (κ3) is 16.9. The minimum absolute atomic E-state index is 0.380. The van der Waals surface area contributed by atoms with E-state index in [1.165, 1.54) is 31.8 Å². The monoisotopic (exact) mass is 752 g/mol. The van der Waals surface area contributed by atoms with Gasteiger partial charge in [0.25, 0.3) is 0 Å². The summed E-state index contributed by atoms with van der Waals surface area (Å²) in [6.45, 7) is 7.99. The highest BCUT2D eigenvalue weighted by Gasteiger charge is 2.20. The van der Waals surface area contributed by atoms with Crippen molar-refractivity contribution in [1.29, 1.82) is 0 Å². The number of carbonyl (C=O) groups excluding carboxylic acids is 3. The molecule has 0 aliphatic carbocycles. The molecule has 0 spiro atoms. The number of ether oxygens (including phenoxy) is 7. The largest absolute Gasteiger partial charge is 0.497 e. The van der Waals surface area contributed by atoms with E-state index in [4.69, 9.17) is 33.2 Å². The van der Waals surface area contributed by atoms with Gasteiger partial charge in [0.05, 0.1) is 50.8 Å². The topological polar surface area (TPSA) is 119 Å². The van der Waals surface area contributed by atoms with Crippen LogP contribution in [0.2, 0.25) is 0 Å². The lowest BCUT2D eigenvalue weighted by Crippen LogP contribution is -2.08. The van der Waals surface area contributed by atoms with Crippen molar-refractivity contribution in [2.24, 2.45) is 0 Å². The number of carbonyl (C=O) groups is 3. The average molecular weight is 753 g/mol. The van der Waals surface area contributed by atoms with Crippen LogP contribution in [0.3, 0.4) is 0 Å². The summed E-state index contributed by atoms with van der Waals surface area (Å²) in [5.41, 5.74) is 2.07. The fourth-order valence-corrected chi connectivity index (χ4v) is 5.19. The Morgan fingerprint density at radius 1 is 0.600 bits per heavy atom. The number of benzene rings is 4. The summed E-state index contributed by atoms with van der Waals surface area (Å²) in [6, 6.07) is 28.2. The van der Waals surface area contributed by atoms with E-state index in [9.17, 15) is 14.4 Å². The van der Waals surface area contributed by atoms with Crippen LogP contribution in [0.5, 0.6) is 28.7 Å². The summed E-state index contributed by atoms with van der Waals surface area (Å²) in [5, 5.41) is 0. The van der Waals surface area contributed by atoms with Gasteiger partial charge in [0.2, 0.25) is 0 Å². The number of aryl methyl sites for hydroxylation is 1. The maximum atomic E-state index is 12.2. The van der Waals surface area contributed by atoms with Gasteiger partial charge in [-0.05, 0) is 130 Å². The van der Waals surface area contributed by atoms with Crippen LogP contribution in [0.1, 0.15) is 84.1 Å². The maximum Gasteiger partial charge on any atom is 0.343 e. The zero-order chi connectivity index (χ0) is 39.1. The molecule has 1 atom stereocenters. The number of hydrogen-bond donors (Lipinski definition) is 0. The predicted molar refractivity (Wildman–Crippen MR) is 210 cm³/mol. The standard InChI is InChI=1S/C23H26O5.C22H26O5/c1-3-22(24)27-17-7-5-4-6-16-26-20-14-10-19(11-15-20)23(25)28-21-12-8-18(2)9-13-21;1-24-18-11-13-20(14-12-18)27-22(23)17-7-9-19(10-8-17)25-15-5-3-2-4-6-21-16-26-21/h3,8-15H,1,4-7,16-17H2,2H3;7-14,21H,2-6,15-16H2,1H3. The Morgan fingerprint density at radius 3 is 1.47 bits per heavy atom. The van der Waals surface area contributed by atoms with Crippen LogP contribution in [0.15, 0.2) is 110 Å². The summed E-state index contributed by atoms with van der Waals surface area (Å²) >= 11 is 0. The van der Waals surface area contributed by atoms with Crippen molar-refractivity contribution < 1.29 is 47.5 Å². The molecule has 292 valence electrons. The molecular formula is C45H52O10. The van der Waals surface area contributed by atoms with Crippen molar-refractivity contribution in [2.75, 3.05) is 33.5 Å². The number of hydrogen-bond acceptors (Lipinski definition) is 10. The first-order valence-corrected chi connectivity index (χ1v) is 18.8. The fourth-order valence-electron chi connectivity index (χ4n) is 5.19. The molecule has 1 aliphatic rings. The van der Waals surface area contributed by atoms with Gasteiger partial charge in [0.1, 0.15) is 28.7 Å². The Hall–Kier alpha value is -5.61.